The lowest BCUT2D eigenvalue weighted by atomic mass is 10.2. The summed E-state index contributed by atoms with van der Waals surface area (Å²) in [6, 6.07) is 4.55. The fourth-order valence-electron chi connectivity index (χ4n) is 1.37. The van der Waals surface area contributed by atoms with E-state index in [1.165, 1.54) is 12.1 Å². The van der Waals surface area contributed by atoms with E-state index in [1.807, 2.05) is 13.1 Å². The lowest BCUT2D eigenvalue weighted by Gasteiger charge is -2.04. The number of aromatic carboxylic acids is 1. The van der Waals surface area contributed by atoms with Crippen molar-refractivity contribution in [2.24, 2.45) is 0 Å². The molecule has 0 saturated heterocycles. The Labute approximate surface area is 97.1 Å². The Hall–Kier alpha value is -1.81. The smallest absolute Gasteiger partial charge is 0.335 e. The summed E-state index contributed by atoms with van der Waals surface area (Å²) in [5, 5.41) is 13.3. The first-order chi connectivity index (χ1) is 7.58. The number of nitrogens with zero attached hydrogens (tertiary/aromatic N) is 2. The SMILES string of the molecule is Cc1cnn(-c2ccc(C(=O)O)cc2Cl)c1. The zero-order valence-corrected chi connectivity index (χ0v) is 9.27. The van der Waals surface area contributed by atoms with Gasteiger partial charge in [-0.1, -0.05) is 11.6 Å². The largest absolute Gasteiger partial charge is 0.478 e. The standard InChI is InChI=1S/C11H9ClN2O2/c1-7-5-13-14(6-7)10-3-2-8(11(15)16)4-9(10)12/h2-6H,1H3,(H,15,16). The summed E-state index contributed by atoms with van der Waals surface area (Å²) in [6.45, 7) is 1.92. The maximum atomic E-state index is 10.7. The molecule has 2 rings (SSSR count). The molecular weight excluding hydrogens is 228 g/mol. The summed E-state index contributed by atoms with van der Waals surface area (Å²) in [7, 11) is 0. The van der Waals surface area contributed by atoms with Gasteiger partial charge in [0.2, 0.25) is 0 Å². The highest BCUT2D eigenvalue weighted by molar-refractivity contribution is 6.32. The minimum atomic E-state index is -0.995. The Morgan fingerprint density at radius 3 is 2.75 bits per heavy atom. The van der Waals surface area contributed by atoms with Crippen molar-refractivity contribution < 1.29 is 9.90 Å². The molecule has 0 radical (unpaired) electrons. The average molecular weight is 237 g/mol. The fourth-order valence-corrected chi connectivity index (χ4v) is 1.64. The topological polar surface area (TPSA) is 55.1 Å². The van der Waals surface area contributed by atoms with E-state index in [0.717, 1.165) is 5.56 Å². The predicted octanol–water partition coefficient (Wildman–Crippen LogP) is 2.53. The Balaban J connectivity index is 2.47. The zero-order valence-electron chi connectivity index (χ0n) is 8.51. The molecule has 1 aromatic carbocycles. The van der Waals surface area contributed by atoms with Crippen molar-refractivity contribution in [2.45, 2.75) is 6.92 Å². The van der Waals surface area contributed by atoms with E-state index in [2.05, 4.69) is 5.10 Å². The van der Waals surface area contributed by atoms with Gasteiger partial charge in [-0.2, -0.15) is 5.10 Å². The number of hydrogen-bond donors (Lipinski definition) is 1. The van der Waals surface area contributed by atoms with Crippen molar-refractivity contribution in [2.75, 3.05) is 0 Å². The summed E-state index contributed by atoms with van der Waals surface area (Å²) < 4.78 is 1.61. The van der Waals surface area contributed by atoms with Gasteiger partial charge in [-0.15, -0.1) is 0 Å². The molecule has 0 spiro atoms. The van der Waals surface area contributed by atoms with E-state index < -0.39 is 5.97 Å². The Bertz CT molecular complexity index is 549. The van der Waals surface area contributed by atoms with Crippen molar-refractivity contribution >= 4 is 17.6 Å². The minimum absolute atomic E-state index is 0.164. The van der Waals surface area contributed by atoms with Crippen LogP contribution in [0.3, 0.4) is 0 Å². The van der Waals surface area contributed by atoms with Gasteiger partial charge in [0.1, 0.15) is 0 Å². The zero-order chi connectivity index (χ0) is 11.7. The molecule has 4 nitrogen and oxygen atoms in total. The van der Waals surface area contributed by atoms with Crippen molar-refractivity contribution in [3.63, 3.8) is 0 Å². The molecule has 16 heavy (non-hydrogen) atoms. The molecule has 1 aromatic heterocycles. The number of aryl methyl sites for hydroxylation is 1. The van der Waals surface area contributed by atoms with Gasteiger partial charge in [-0.25, -0.2) is 9.48 Å². The summed E-state index contributed by atoms with van der Waals surface area (Å²) in [6.07, 6.45) is 3.53. The van der Waals surface area contributed by atoms with E-state index in [1.54, 1.807) is 16.9 Å². The molecule has 0 aliphatic carbocycles. The van der Waals surface area contributed by atoms with Gasteiger partial charge in [0, 0.05) is 6.20 Å². The molecule has 2 aromatic rings. The third-order valence-corrected chi connectivity index (χ3v) is 2.46. The van der Waals surface area contributed by atoms with Crippen LogP contribution >= 0.6 is 11.6 Å². The van der Waals surface area contributed by atoms with Gasteiger partial charge in [0.05, 0.1) is 22.5 Å². The van der Waals surface area contributed by atoms with Crippen LogP contribution in [0, 0.1) is 6.92 Å². The molecule has 0 amide bonds. The van der Waals surface area contributed by atoms with Crippen LogP contribution < -0.4 is 0 Å². The maximum absolute atomic E-state index is 10.7. The molecule has 0 atom stereocenters. The van der Waals surface area contributed by atoms with Crippen LogP contribution in [0.1, 0.15) is 15.9 Å². The normalized spacial score (nSPS) is 10.4. The quantitative estimate of drug-likeness (QED) is 0.872. The molecule has 0 saturated carbocycles. The number of carboxylic acids is 1. The molecule has 0 aliphatic rings. The van der Waals surface area contributed by atoms with Crippen LogP contribution in [0.5, 0.6) is 0 Å². The molecule has 5 heteroatoms. The first-order valence-electron chi connectivity index (χ1n) is 4.62. The average Bonchev–Trinajstić information content (AvgIpc) is 2.64. The Morgan fingerprint density at radius 2 is 2.25 bits per heavy atom. The maximum Gasteiger partial charge on any atom is 0.335 e. The second-order valence-corrected chi connectivity index (χ2v) is 3.84. The highest BCUT2D eigenvalue weighted by atomic mass is 35.5. The van der Waals surface area contributed by atoms with Crippen molar-refractivity contribution in [1.29, 1.82) is 0 Å². The lowest BCUT2D eigenvalue weighted by molar-refractivity contribution is 0.0697. The van der Waals surface area contributed by atoms with E-state index in [9.17, 15) is 4.79 Å². The van der Waals surface area contributed by atoms with E-state index in [0.29, 0.717) is 10.7 Å². The summed E-state index contributed by atoms with van der Waals surface area (Å²) >= 11 is 5.99. The van der Waals surface area contributed by atoms with Crippen LogP contribution in [0.15, 0.2) is 30.6 Å². The Kier molecular flexibility index (Phi) is 2.66. The fraction of sp³-hybridized carbons (Fsp3) is 0.0909. The van der Waals surface area contributed by atoms with Crippen LogP contribution in [-0.4, -0.2) is 20.9 Å². The summed E-state index contributed by atoms with van der Waals surface area (Å²) in [4.78, 5) is 10.7. The molecule has 0 unspecified atom stereocenters. The van der Waals surface area contributed by atoms with E-state index >= 15 is 0 Å². The summed E-state index contributed by atoms with van der Waals surface area (Å²) in [5.41, 5.74) is 1.84. The second-order valence-electron chi connectivity index (χ2n) is 3.43. The van der Waals surface area contributed by atoms with Crippen LogP contribution in [0.25, 0.3) is 5.69 Å². The highest BCUT2D eigenvalue weighted by Crippen LogP contribution is 2.21. The number of carbonyl (C=O) groups is 1. The number of hydrogen-bond acceptors (Lipinski definition) is 2. The van der Waals surface area contributed by atoms with Crippen LogP contribution in [0.4, 0.5) is 0 Å². The first kappa shape index (κ1) is 10.7. The molecule has 1 heterocycles. The highest BCUT2D eigenvalue weighted by Gasteiger charge is 2.08. The van der Waals surface area contributed by atoms with Gasteiger partial charge in [-0.05, 0) is 30.7 Å². The van der Waals surface area contributed by atoms with Gasteiger partial charge in [0.25, 0.3) is 0 Å². The molecule has 82 valence electrons. The van der Waals surface area contributed by atoms with Gasteiger partial charge in [-0.3, -0.25) is 0 Å². The third-order valence-electron chi connectivity index (χ3n) is 2.15. The number of halogens is 1. The lowest BCUT2D eigenvalue weighted by Crippen LogP contribution is -2.00. The van der Waals surface area contributed by atoms with E-state index in [-0.39, 0.29) is 5.56 Å². The minimum Gasteiger partial charge on any atom is -0.478 e. The molecule has 0 bridgehead atoms. The predicted molar refractivity (Wildman–Crippen MR) is 60.3 cm³/mol. The van der Waals surface area contributed by atoms with Gasteiger partial charge in [0.15, 0.2) is 0 Å². The number of rotatable bonds is 2. The van der Waals surface area contributed by atoms with Gasteiger partial charge >= 0.3 is 5.97 Å². The monoisotopic (exact) mass is 236 g/mol. The van der Waals surface area contributed by atoms with E-state index in [4.69, 9.17) is 16.7 Å². The molecule has 0 aliphatic heterocycles. The van der Waals surface area contributed by atoms with Gasteiger partial charge < -0.3 is 5.11 Å². The molecule has 1 N–H and O–H groups in total. The second kappa shape index (κ2) is 3.98. The van der Waals surface area contributed by atoms with Crippen molar-refractivity contribution in [1.82, 2.24) is 9.78 Å². The van der Waals surface area contributed by atoms with Crippen LogP contribution in [0.2, 0.25) is 5.02 Å². The van der Waals surface area contributed by atoms with Crippen molar-refractivity contribution in [3.8, 4) is 5.69 Å². The van der Waals surface area contributed by atoms with Crippen LogP contribution in [-0.2, 0) is 0 Å². The first-order valence-corrected chi connectivity index (χ1v) is 5.00. The molecule has 0 fully saturated rings. The molecular formula is C11H9ClN2O2. The number of benzene rings is 1. The van der Waals surface area contributed by atoms with Crippen molar-refractivity contribution in [3.05, 3.63) is 46.7 Å². The number of aromatic nitrogens is 2. The third kappa shape index (κ3) is 1.92. The number of carboxylic acid groups (broad SMARTS) is 1. The summed E-state index contributed by atoms with van der Waals surface area (Å²) in [5.74, 6) is -0.995. The Morgan fingerprint density at radius 1 is 1.50 bits per heavy atom.